The molecule has 1 aliphatic carbocycles. The molecule has 1 fully saturated rings. The first-order valence-electron chi connectivity index (χ1n) is 7.28. The minimum atomic E-state index is -3.34. The molecule has 0 saturated heterocycles. The van der Waals surface area contributed by atoms with Gasteiger partial charge in [-0.25, -0.2) is 8.42 Å². The molecule has 1 N–H and O–H groups in total. The van der Waals surface area contributed by atoms with Gasteiger partial charge < -0.3 is 5.11 Å². The first-order valence-corrected chi connectivity index (χ1v) is 8.78. The van der Waals surface area contributed by atoms with Crippen LogP contribution in [0.2, 0.25) is 0 Å². The molecule has 5 heteroatoms. The summed E-state index contributed by atoms with van der Waals surface area (Å²) in [5, 5.41) is 9.36. The van der Waals surface area contributed by atoms with E-state index in [1.807, 2.05) is 13.8 Å². The van der Waals surface area contributed by atoms with E-state index in [0.717, 1.165) is 37.7 Å². The Balaban J connectivity index is 2.37. The van der Waals surface area contributed by atoms with Crippen LogP contribution in [0.25, 0.3) is 0 Å². The minimum absolute atomic E-state index is 0.0999. The van der Waals surface area contributed by atoms with E-state index in [2.05, 4.69) is 0 Å². The lowest BCUT2D eigenvalue weighted by atomic mass is 10.0. The van der Waals surface area contributed by atoms with E-state index < -0.39 is 10.0 Å². The fraction of sp³-hybridized carbons (Fsp3) is 0.600. The molecule has 112 valence electrons. The van der Waals surface area contributed by atoms with Crippen molar-refractivity contribution >= 4 is 15.7 Å². The van der Waals surface area contributed by atoms with Gasteiger partial charge in [0.05, 0.1) is 10.9 Å². The van der Waals surface area contributed by atoms with Crippen molar-refractivity contribution in [2.75, 3.05) is 10.8 Å². The van der Waals surface area contributed by atoms with Crippen LogP contribution < -0.4 is 4.31 Å². The summed E-state index contributed by atoms with van der Waals surface area (Å²) in [5.41, 5.74) is 1.46. The van der Waals surface area contributed by atoms with E-state index in [0.29, 0.717) is 12.2 Å². The highest BCUT2D eigenvalue weighted by Gasteiger charge is 2.33. The van der Waals surface area contributed by atoms with Gasteiger partial charge in [-0.05, 0) is 38.3 Å². The second kappa shape index (κ2) is 6.04. The summed E-state index contributed by atoms with van der Waals surface area (Å²) < 4.78 is 27.1. The van der Waals surface area contributed by atoms with Gasteiger partial charge in [0.25, 0.3) is 0 Å². The lowest BCUT2D eigenvalue weighted by Gasteiger charge is -2.31. The van der Waals surface area contributed by atoms with Crippen molar-refractivity contribution in [3.05, 3.63) is 23.8 Å². The van der Waals surface area contributed by atoms with Crippen molar-refractivity contribution in [1.29, 1.82) is 0 Å². The largest absolute Gasteiger partial charge is 0.508 e. The summed E-state index contributed by atoms with van der Waals surface area (Å²) in [6.07, 6.45) is 4.59. The van der Waals surface area contributed by atoms with Crippen molar-refractivity contribution in [2.24, 2.45) is 0 Å². The van der Waals surface area contributed by atoms with Gasteiger partial charge in [-0.15, -0.1) is 0 Å². The quantitative estimate of drug-likeness (QED) is 0.928. The van der Waals surface area contributed by atoms with E-state index >= 15 is 0 Å². The predicted octanol–water partition coefficient (Wildman–Crippen LogP) is 3.19. The second-order valence-electron chi connectivity index (χ2n) is 5.44. The lowest BCUT2D eigenvalue weighted by Crippen LogP contribution is -2.40. The van der Waals surface area contributed by atoms with Crippen LogP contribution >= 0.6 is 0 Å². The van der Waals surface area contributed by atoms with Crippen LogP contribution in [0, 0.1) is 6.92 Å². The highest BCUT2D eigenvalue weighted by molar-refractivity contribution is 7.93. The maximum Gasteiger partial charge on any atom is 0.238 e. The number of anilines is 1. The zero-order valence-electron chi connectivity index (χ0n) is 12.2. The lowest BCUT2D eigenvalue weighted by molar-refractivity contribution is 0.474. The molecule has 0 radical (unpaired) electrons. The first kappa shape index (κ1) is 15.2. The number of phenols is 1. The second-order valence-corrected chi connectivity index (χ2v) is 7.58. The zero-order valence-corrected chi connectivity index (χ0v) is 13.0. The molecule has 0 atom stereocenters. The molecule has 4 nitrogen and oxygen atoms in total. The van der Waals surface area contributed by atoms with Crippen molar-refractivity contribution in [3.63, 3.8) is 0 Å². The van der Waals surface area contributed by atoms with Crippen molar-refractivity contribution < 1.29 is 13.5 Å². The van der Waals surface area contributed by atoms with E-state index in [-0.39, 0.29) is 11.0 Å². The fourth-order valence-corrected chi connectivity index (χ4v) is 5.02. The van der Waals surface area contributed by atoms with Gasteiger partial charge in [-0.1, -0.05) is 25.3 Å². The van der Waals surface area contributed by atoms with Crippen LogP contribution in [0.4, 0.5) is 5.69 Å². The first-order chi connectivity index (χ1) is 9.46. The summed E-state index contributed by atoms with van der Waals surface area (Å²) in [7, 11) is -3.34. The third-order valence-electron chi connectivity index (χ3n) is 4.03. The molecule has 0 aliphatic heterocycles. The molecule has 1 saturated carbocycles. The van der Waals surface area contributed by atoms with Gasteiger partial charge in [0.2, 0.25) is 10.0 Å². The van der Waals surface area contributed by atoms with Gasteiger partial charge in [0.15, 0.2) is 0 Å². The summed E-state index contributed by atoms with van der Waals surface area (Å²) in [5.74, 6) is 0.0999. The molecule has 0 heterocycles. The van der Waals surface area contributed by atoms with Gasteiger partial charge in [0.1, 0.15) is 5.75 Å². The Hall–Kier alpha value is -1.23. The summed E-state index contributed by atoms with van der Waals surface area (Å²) in [6.45, 7) is 4.10. The Labute approximate surface area is 121 Å². The Morgan fingerprint density at radius 3 is 2.50 bits per heavy atom. The van der Waals surface area contributed by atoms with Crippen molar-refractivity contribution in [1.82, 2.24) is 0 Å². The van der Waals surface area contributed by atoms with Gasteiger partial charge >= 0.3 is 0 Å². The van der Waals surface area contributed by atoms with Crippen LogP contribution in [0.3, 0.4) is 0 Å². The van der Waals surface area contributed by atoms with Crippen LogP contribution in [-0.2, 0) is 10.0 Å². The molecule has 20 heavy (non-hydrogen) atoms. The summed E-state index contributed by atoms with van der Waals surface area (Å²) >= 11 is 0. The highest BCUT2D eigenvalue weighted by Crippen LogP contribution is 2.32. The SMILES string of the molecule is CCN(c1cc(O)ccc1C)S(=O)(=O)C1CCCCC1. The fourth-order valence-electron chi connectivity index (χ4n) is 2.90. The Morgan fingerprint density at radius 2 is 1.90 bits per heavy atom. The summed E-state index contributed by atoms with van der Waals surface area (Å²) in [4.78, 5) is 0. The molecule has 0 spiro atoms. The van der Waals surface area contributed by atoms with Crippen molar-refractivity contribution in [3.8, 4) is 5.75 Å². The Bertz CT molecular complexity index is 562. The Kier molecular flexibility index (Phi) is 4.58. The monoisotopic (exact) mass is 297 g/mol. The number of nitrogens with zero attached hydrogens (tertiary/aromatic N) is 1. The molecule has 0 aromatic heterocycles. The van der Waals surface area contributed by atoms with Crippen LogP contribution in [0.15, 0.2) is 18.2 Å². The molecule has 0 amide bonds. The highest BCUT2D eigenvalue weighted by atomic mass is 32.2. The van der Waals surface area contributed by atoms with E-state index in [1.165, 1.54) is 4.31 Å². The Morgan fingerprint density at radius 1 is 1.25 bits per heavy atom. The van der Waals surface area contributed by atoms with Crippen LogP contribution in [0.5, 0.6) is 5.75 Å². The topological polar surface area (TPSA) is 57.6 Å². The van der Waals surface area contributed by atoms with Crippen LogP contribution in [0.1, 0.15) is 44.6 Å². The number of hydrogen-bond acceptors (Lipinski definition) is 3. The van der Waals surface area contributed by atoms with E-state index in [1.54, 1.807) is 18.2 Å². The molecule has 1 aliphatic rings. The molecule has 0 unspecified atom stereocenters. The normalized spacial score (nSPS) is 17.1. The smallest absolute Gasteiger partial charge is 0.238 e. The number of aryl methyl sites for hydroxylation is 1. The number of rotatable bonds is 4. The zero-order chi connectivity index (χ0) is 14.8. The van der Waals surface area contributed by atoms with Gasteiger partial charge in [0, 0.05) is 12.6 Å². The molecular weight excluding hydrogens is 274 g/mol. The van der Waals surface area contributed by atoms with E-state index in [4.69, 9.17) is 0 Å². The third-order valence-corrected chi connectivity index (χ3v) is 6.41. The van der Waals surface area contributed by atoms with E-state index in [9.17, 15) is 13.5 Å². The average Bonchev–Trinajstić information content (AvgIpc) is 2.44. The number of phenolic OH excluding ortho intramolecular Hbond substituents is 1. The molecule has 0 bridgehead atoms. The number of aromatic hydroxyl groups is 1. The molecule has 1 aromatic rings. The van der Waals surface area contributed by atoms with Gasteiger partial charge in [-0.2, -0.15) is 0 Å². The molecule has 1 aromatic carbocycles. The minimum Gasteiger partial charge on any atom is -0.508 e. The summed E-state index contributed by atoms with van der Waals surface area (Å²) in [6, 6.07) is 4.88. The third kappa shape index (κ3) is 2.92. The van der Waals surface area contributed by atoms with Crippen molar-refractivity contribution in [2.45, 2.75) is 51.2 Å². The number of hydrogen-bond donors (Lipinski definition) is 1. The predicted molar refractivity (Wildman–Crippen MR) is 81.7 cm³/mol. The maximum atomic E-state index is 12.8. The molecular formula is C15H23NO3S. The van der Waals surface area contributed by atoms with Crippen LogP contribution in [-0.4, -0.2) is 25.3 Å². The number of benzene rings is 1. The average molecular weight is 297 g/mol. The molecule has 2 rings (SSSR count). The standard InChI is InChI=1S/C15H23NO3S/c1-3-16(15-11-13(17)10-9-12(15)2)20(18,19)14-7-5-4-6-8-14/h9-11,14,17H,3-8H2,1-2H3. The maximum absolute atomic E-state index is 12.8. The van der Waals surface area contributed by atoms with Gasteiger partial charge in [-0.3, -0.25) is 4.31 Å². The number of sulfonamides is 1.